The zero-order chi connectivity index (χ0) is 33.3. The van der Waals surface area contributed by atoms with Gasteiger partial charge >= 0.3 is 0 Å². The summed E-state index contributed by atoms with van der Waals surface area (Å²) in [6, 6.07) is 19.6. The number of fused-ring (bicyclic) bond motifs is 2. The Balaban J connectivity index is 1.48. The van der Waals surface area contributed by atoms with E-state index in [-0.39, 0.29) is 5.56 Å². The van der Waals surface area contributed by atoms with Crippen molar-refractivity contribution in [2.45, 2.75) is 52.3 Å². The summed E-state index contributed by atoms with van der Waals surface area (Å²) in [5.41, 5.74) is 4.66. The number of para-hydroxylation sites is 1. The molecule has 0 radical (unpaired) electrons. The Morgan fingerprint density at radius 1 is 1.09 bits per heavy atom. The minimum Gasteiger partial charge on any atom is -0.497 e. The molecule has 6 aromatic rings. The van der Waals surface area contributed by atoms with Gasteiger partial charge in [0, 0.05) is 32.6 Å². The molecule has 0 amide bonds. The fourth-order valence-corrected chi connectivity index (χ4v) is 6.39. The van der Waals surface area contributed by atoms with E-state index in [1.807, 2.05) is 73.1 Å². The maximum Gasteiger partial charge on any atom is 0.282 e. The van der Waals surface area contributed by atoms with Crippen LogP contribution in [0, 0.1) is 18.3 Å². The van der Waals surface area contributed by atoms with Crippen LogP contribution in [0.15, 0.2) is 78.1 Å². The van der Waals surface area contributed by atoms with E-state index in [1.165, 1.54) is 6.33 Å². The van der Waals surface area contributed by atoms with Crippen molar-refractivity contribution in [3.05, 3.63) is 101 Å². The van der Waals surface area contributed by atoms with Gasteiger partial charge in [0.25, 0.3) is 5.56 Å². The first-order chi connectivity index (χ1) is 22.6. The fraction of sp³-hybridized carbons (Fsp3) is 0.286. The number of rotatable bonds is 11. The molecule has 1 N–H and O–H groups in total. The number of hydrogen-bond donors (Lipinski definition) is 1. The molecule has 1 atom stereocenters. The summed E-state index contributed by atoms with van der Waals surface area (Å²) in [6.07, 6.45) is 5.30. The normalized spacial score (nSPS) is 12.4. The number of aryl methyl sites for hydroxylation is 1. The highest BCUT2D eigenvalue weighted by Crippen LogP contribution is 2.37. The molecule has 0 saturated heterocycles. The van der Waals surface area contributed by atoms with Crippen molar-refractivity contribution < 1.29 is 9.47 Å². The van der Waals surface area contributed by atoms with Gasteiger partial charge in [0.05, 0.1) is 35.9 Å². The van der Waals surface area contributed by atoms with Gasteiger partial charge in [-0.1, -0.05) is 37.8 Å². The van der Waals surface area contributed by atoms with Gasteiger partial charge in [0.2, 0.25) is 0 Å². The maximum absolute atomic E-state index is 13.9. The van der Waals surface area contributed by atoms with E-state index in [1.54, 1.807) is 28.5 Å². The molecule has 6 rings (SSSR count). The minimum absolute atomic E-state index is 0.159. The molecular weight excluding hydrogens is 609 g/mol. The third kappa shape index (κ3) is 6.40. The van der Waals surface area contributed by atoms with Gasteiger partial charge in [0.15, 0.2) is 5.82 Å². The van der Waals surface area contributed by atoms with Gasteiger partial charge in [0.1, 0.15) is 35.8 Å². The van der Waals surface area contributed by atoms with Crippen molar-refractivity contribution in [3.8, 4) is 28.6 Å². The Morgan fingerprint density at radius 2 is 1.87 bits per heavy atom. The zero-order valence-electron chi connectivity index (χ0n) is 27.5. The van der Waals surface area contributed by atoms with E-state index < -0.39 is 14.1 Å². The van der Waals surface area contributed by atoms with Crippen LogP contribution in [0.1, 0.15) is 29.9 Å². The van der Waals surface area contributed by atoms with Crippen LogP contribution in [0.4, 0.5) is 5.82 Å². The van der Waals surface area contributed by atoms with Gasteiger partial charge in [-0.2, -0.15) is 10.4 Å². The average molecular weight is 647 g/mol. The maximum atomic E-state index is 13.9. The molecule has 0 aliphatic carbocycles. The van der Waals surface area contributed by atoms with Crippen LogP contribution in [0.2, 0.25) is 25.7 Å². The summed E-state index contributed by atoms with van der Waals surface area (Å²) in [5, 5.41) is 19.0. The topological polar surface area (TPSA) is 124 Å². The molecule has 4 heterocycles. The number of benzene rings is 2. The Kier molecular flexibility index (Phi) is 8.68. The second-order valence-electron chi connectivity index (χ2n) is 12.8. The number of nitrogens with one attached hydrogen (secondary N) is 1. The van der Waals surface area contributed by atoms with E-state index in [0.717, 1.165) is 28.1 Å². The van der Waals surface area contributed by atoms with E-state index in [4.69, 9.17) is 14.6 Å². The van der Waals surface area contributed by atoms with Crippen molar-refractivity contribution in [1.29, 1.82) is 5.26 Å². The summed E-state index contributed by atoms with van der Waals surface area (Å²) < 4.78 is 16.9. The fourth-order valence-electron chi connectivity index (χ4n) is 5.64. The van der Waals surface area contributed by atoms with Gasteiger partial charge in [-0.15, -0.1) is 0 Å². The number of nitrogens with zero attached hydrogens (tertiary/aromatic N) is 7. The summed E-state index contributed by atoms with van der Waals surface area (Å²) in [7, 11) is 0.306. The van der Waals surface area contributed by atoms with Crippen LogP contribution < -0.4 is 15.6 Å². The van der Waals surface area contributed by atoms with Gasteiger partial charge in [-0.25, -0.2) is 14.5 Å². The summed E-state index contributed by atoms with van der Waals surface area (Å²) in [6.45, 7) is 11.8. The zero-order valence-corrected chi connectivity index (χ0v) is 28.5. The van der Waals surface area contributed by atoms with Crippen molar-refractivity contribution in [2.75, 3.05) is 19.0 Å². The lowest BCUT2D eigenvalue weighted by atomic mass is 10.0. The summed E-state index contributed by atoms with van der Waals surface area (Å²) >= 11 is 0. The highest BCUT2D eigenvalue weighted by Gasteiger charge is 2.23. The van der Waals surface area contributed by atoms with Crippen molar-refractivity contribution >= 4 is 30.4 Å². The minimum atomic E-state index is -1.27. The van der Waals surface area contributed by atoms with E-state index in [2.05, 4.69) is 41.0 Å². The third-order valence-corrected chi connectivity index (χ3v) is 9.84. The molecule has 12 heteroatoms. The monoisotopic (exact) mass is 646 g/mol. The predicted molar refractivity (Wildman–Crippen MR) is 186 cm³/mol. The van der Waals surface area contributed by atoms with Crippen LogP contribution in [0.5, 0.6) is 5.75 Å². The second-order valence-corrected chi connectivity index (χ2v) is 18.5. The second kappa shape index (κ2) is 12.9. The van der Waals surface area contributed by atoms with Gasteiger partial charge < -0.3 is 19.4 Å². The lowest BCUT2D eigenvalue weighted by Gasteiger charge is -2.20. The van der Waals surface area contributed by atoms with Crippen LogP contribution >= 0.6 is 0 Å². The Morgan fingerprint density at radius 3 is 2.60 bits per heavy atom. The first-order valence-electron chi connectivity index (χ1n) is 15.5. The first-order valence-corrected chi connectivity index (χ1v) is 19.2. The van der Waals surface area contributed by atoms with Crippen LogP contribution in [-0.4, -0.2) is 50.5 Å². The SMILES string of the molecule is COc1cc(C#N)cc(-c2cn(COCC[Si](C)(C)C)c3ncnc(N[C@@H](C)c4nn5ccc(C)c5c(=O)n4-c4ccccc4)c23)c1. The number of aromatic nitrogens is 6. The largest absolute Gasteiger partial charge is 0.497 e. The smallest absolute Gasteiger partial charge is 0.282 e. The quantitative estimate of drug-likeness (QED) is 0.124. The highest BCUT2D eigenvalue weighted by molar-refractivity contribution is 6.76. The Bertz CT molecular complexity index is 2170. The number of nitriles is 1. The molecule has 4 aromatic heterocycles. The molecule has 0 bridgehead atoms. The molecule has 0 saturated carbocycles. The molecule has 47 heavy (non-hydrogen) atoms. The van der Waals surface area contributed by atoms with Crippen LogP contribution in [-0.2, 0) is 11.5 Å². The third-order valence-electron chi connectivity index (χ3n) is 8.13. The molecule has 0 aliphatic heterocycles. The molecule has 0 fully saturated rings. The van der Waals surface area contributed by atoms with E-state index >= 15 is 0 Å². The molecule has 0 spiro atoms. The van der Waals surface area contributed by atoms with E-state index in [0.29, 0.717) is 53.1 Å². The van der Waals surface area contributed by atoms with Gasteiger partial charge in [-0.3, -0.25) is 9.36 Å². The predicted octanol–water partition coefficient (Wildman–Crippen LogP) is 6.57. The molecule has 0 unspecified atom stereocenters. The van der Waals surface area contributed by atoms with Crippen molar-refractivity contribution in [1.82, 2.24) is 28.7 Å². The molecular formula is C35H38N8O3Si. The number of anilines is 1. The van der Waals surface area contributed by atoms with E-state index in [9.17, 15) is 10.1 Å². The Hall–Kier alpha value is -5.25. The van der Waals surface area contributed by atoms with Crippen LogP contribution in [0.25, 0.3) is 33.4 Å². The molecule has 2 aromatic carbocycles. The number of ether oxygens (including phenoxy) is 2. The number of hydrogen-bond acceptors (Lipinski definition) is 8. The standard InChI is InChI=1S/C35H38N8O3Si/c1-23-12-13-42-31(23)35(44)43(27-10-8-7-9-11-27)33(40-42)24(2)39-32-30-29(26-16-25(19-36)17-28(18-26)45-3)20-41(34(30)38-21-37-32)22-46-14-15-47(4,5)6/h7-13,16-18,20-21,24H,14-15,22H2,1-6H3,(H,37,38,39)/t24-/m0/s1. The first kappa shape index (κ1) is 31.7. The summed E-state index contributed by atoms with van der Waals surface area (Å²) in [5.74, 6) is 1.63. The van der Waals surface area contributed by atoms with Crippen molar-refractivity contribution in [3.63, 3.8) is 0 Å². The lowest BCUT2D eigenvalue weighted by molar-refractivity contribution is 0.0899. The van der Waals surface area contributed by atoms with Crippen molar-refractivity contribution in [2.24, 2.45) is 0 Å². The molecule has 11 nitrogen and oxygen atoms in total. The van der Waals surface area contributed by atoms with Crippen LogP contribution in [0.3, 0.4) is 0 Å². The average Bonchev–Trinajstić information content (AvgIpc) is 3.63. The molecule has 0 aliphatic rings. The number of methoxy groups -OCH3 is 1. The lowest BCUT2D eigenvalue weighted by Crippen LogP contribution is -2.29. The van der Waals surface area contributed by atoms with Gasteiger partial charge in [-0.05, 0) is 67.4 Å². The Labute approximate surface area is 274 Å². The summed E-state index contributed by atoms with van der Waals surface area (Å²) in [4.78, 5) is 23.3. The molecule has 240 valence electrons. The highest BCUT2D eigenvalue weighted by atomic mass is 28.3.